The van der Waals surface area contributed by atoms with Crippen LogP contribution in [0.1, 0.15) is 38.2 Å². The van der Waals surface area contributed by atoms with Gasteiger partial charge in [0.1, 0.15) is 0 Å². The zero-order valence-electron chi connectivity index (χ0n) is 12.7. The Morgan fingerprint density at radius 3 is 2.76 bits per heavy atom. The summed E-state index contributed by atoms with van der Waals surface area (Å²) < 4.78 is 11.8. The number of methoxy groups -OCH3 is 1. The summed E-state index contributed by atoms with van der Waals surface area (Å²) >= 11 is 0. The summed E-state index contributed by atoms with van der Waals surface area (Å²) in [6.07, 6.45) is 7.68. The summed E-state index contributed by atoms with van der Waals surface area (Å²) in [7, 11) is 1.66. The van der Waals surface area contributed by atoms with Crippen molar-refractivity contribution in [2.75, 3.05) is 12.8 Å². The number of hydrogen-bond acceptors (Lipinski definition) is 4. The topological polar surface area (TPSA) is 57.4 Å². The van der Waals surface area contributed by atoms with Gasteiger partial charge in [0.05, 0.1) is 29.8 Å². The number of aryl methyl sites for hydroxylation is 1. The Bertz CT molecular complexity index is 649. The Kier molecular flexibility index (Phi) is 3.86. The number of fused-ring (bicyclic) bond motifs is 1. The molecule has 0 spiro atoms. The van der Waals surface area contributed by atoms with E-state index in [4.69, 9.17) is 15.2 Å². The maximum atomic E-state index is 6.29. The molecule has 0 unspecified atom stereocenters. The van der Waals surface area contributed by atoms with Gasteiger partial charge in [0.2, 0.25) is 0 Å². The van der Waals surface area contributed by atoms with Crippen molar-refractivity contribution < 1.29 is 9.47 Å². The zero-order chi connectivity index (χ0) is 14.8. The quantitative estimate of drug-likeness (QED) is 0.870. The highest BCUT2D eigenvalue weighted by Gasteiger charge is 2.22. The summed E-state index contributed by atoms with van der Waals surface area (Å²) in [5, 5.41) is 1.00. The van der Waals surface area contributed by atoms with Gasteiger partial charge in [0, 0.05) is 12.3 Å². The standard InChI is InChI=1S/C17H22N2O2/c1-3-11-8-9-19-16-13(18)10-14(20-2)17(15(11)16)21-12-6-4-5-7-12/h8-10,12H,3-7,18H2,1-2H3. The number of hydrogen-bond donors (Lipinski definition) is 1. The van der Waals surface area contributed by atoms with Crippen LogP contribution in [0.2, 0.25) is 0 Å². The molecule has 2 N–H and O–H groups in total. The predicted octanol–water partition coefficient (Wildman–Crippen LogP) is 3.71. The summed E-state index contributed by atoms with van der Waals surface area (Å²) in [6.45, 7) is 2.13. The van der Waals surface area contributed by atoms with Gasteiger partial charge in [-0.25, -0.2) is 0 Å². The third-order valence-corrected chi connectivity index (χ3v) is 4.24. The van der Waals surface area contributed by atoms with Gasteiger partial charge in [-0.1, -0.05) is 6.92 Å². The third kappa shape index (κ3) is 2.50. The molecule has 112 valence electrons. The van der Waals surface area contributed by atoms with Crippen LogP contribution < -0.4 is 15.2 Å². The second-order valence-corrected chi connectivity index (χ2v) is 5.57. The molecule has 4 nitrogen and oxygen atoms in total. The number of pyridine rings is 1. The number of ether oxygens (including phenoxy) is 2. The molecule has 0 saturated heterocycles. The van der Waals surface area contributed by atoms with Crippen LogP contribution in [-0.4, -0.2) is 18.2 Å². The molecule has 0 amide bonds. The monoisotopic (exact) mass is 286 g/mol. The molecule has 21 heavy (non-hydrogen) atoms. The van der Waals surface area contributed by atoms with Crippen LogP contribution in [0.5, 0.6) is 11.5 Å². The van der Waals surface area contributed by atoms with Gasteiger partial charge < -0.3 is 15.2 Å². The molecule has 0 bridgehead atoms. The Morgan fingerprint density at radius 1 is 1.33 bits per heavy atom. The average Bonchev–Trinajstić information content (AvgIpc) is 3.02. The van der Waals surface area contributed by atoms with Gasteiger partial charge in [-0.2, -0.15) is 0 Å². The lowest BCUT2D eigenvalue weighted by Gasteiger charge is -2.20. The minimum atomic E-state index is 0.274. The molecule has 1 aliphatic carbocycles. The van der Waals surface area contributed by atoms with Crippen molar-refractivity contribution in [3.05, 3.63) is 23.9 Å². The fourth-order valence-electron chi connectivity index (χ4n) is 3.11. The van der Waals surface area contributed by atoms with Gasteiger partial charge in [-0.15, -0.1) is 0 Å². The van der Waals surface area contributed by atoms with E-state index in [1.54, 1.807) is 7.11 Å². The normalized spacial score (nSPS) is 15.5. The maximum Gasteiger partial charge on any atom is 0.171 e. The van der Waals surface area contributed by atoms with Crippen molar-refractivity contribution in [3.63, 3.8) is 0 Å². The van der Waals surface area contributed by atoms with Crippen molar-refractivity contribution >= 4 is 16.6 Å². The largest absolute Gasteiger partial charge is 0.493 e. The number of anilines is 1. The van der Waals surface area contributed by atoms with Gasteiger partial charge >= 0.3 is 0 Å². The van der Waals surface area contributed by atoms with Crippen molar-refractivity contribution in [1.29, 1.82) is 0 Å². The molecule has 0 atom stereocenters. The molecule has 1 fully saturated rings. The molecular formula is C17H22N2O2. The fourth-order valence-corrected chi connectivity index (χ4v) is 3.11. The van der Waals surface area contributed by atoms with Crippen LogP contribution in [0.15, 0.2) is 18.3 Å². The lowest BCUT2D eigenvalue weighted by molar-refractivity contribution is 0.203. The van der Waals surface area contributed by atoms with Crippen molar-refractivity contribution in [2.45, 2.75) is 45.1 Å². The minimum Gasteiger partial charge on any atom is -0.493 e. The number of nitrogens with two attached hydrogens (primary N) is 1. The number of nitrogens with zero attached hydrogens (tertiary/aromatic N) is 1. The van der Waals surface area contributed by atoms with Crippen LogP contribution in [0.3, 0.4) is 0 Å². The Hall–Kier alpha value is -1.97. The molecule has 1 saturated carbocycles. The summed E-state index contributed by atoms with van der Waals surface area (Å²) in [5.74, 6) is 1.51. The van der Waals surface area contributed by atoms with Crippen LogP contribution in [0.4, 0.5) is 5.69 Å². The molecular weight excluding hydrogens is 264 g/mol. The Balaban J connectivity index is 2.20. The van der Waals surface area contributed by atoms with E-state index in [1.807, 2.05) is 18.3 Å². The van der Waals surface area contributed by atoms with Crippen molar-refractivity contribution in [2.24, 2.45) is 0 Å². The molecule has 2 aromatic rings. The van der Waals surface area contributed by atoms with E-state index < -0.39 is 0 Å². The van der Waals surface area contributed by atoms with E-state index in [-0.39, 0.29) is 6.10 Å². The second kappa shape index (κ2) is 5.80. The van der Waals surface area contributed by atoms with Crippen LogP contribution in [0, 0.1) is 0 Å². The van der Waals surface area contributed by atoms with Crippen LogP contribution in [-0.2, 0) is 6.42 Å². The van der Waals surface area contributed by atoms with E-state index in [0.29, 0.717) is 11.4 Å². The molecule has 1 aromatic heterocycles. The van der Waals surface area contributed by atoms with Gasteiger partial charge in [0.25, 0.3) is 0 Å². The summed E-state index contributed by atoms with van der Waals surface area (Å²) in [4.78, 5) is 4.44. The van der Waals surface area contributed by atoms with E-state index in [1.165, 1.54) is 18.4 Å². The Morgan fingerprint density at radius 2 is 2.10 bits per heavy atom. The van der Waals surface area contributed by atoms with Gasteiger partial charge in [-0.3, -0.25) is 4.98 Å². The van der Waals surface area contributed by atoms with Crippen LogP contribution >= 0.6 is 0 Å². The minimum absolute atomic E-state index is 0.274. The molecule has 3 rings (SSSR count). The SMILES string of the molecule is CCc1ccnc2c(N)cc(OC)c(OC3CCCC3)c12. The number of nitrogen functional groups attached to an aromatic ring is 1. The first kappa shape index (κ1) is 14.0. The van der Waals surface area contributed by atoms with Gasteiger partial charge in [0.15, 0.2) is 11.5 Å². The molecule has 1 heterocycles. The first-order valence-electron chi connectivity index (χ1n) is 7.65. The summed E-state index contributed by atoms with van der Waals surface area (Å²) in [5.41, 5.74) is 8.77. The van der Waals surface area contributed by atoms with E-state index >= 15 is 0 Å². The first-order chi connectivity index (χ1) is 10.2. The van der Waals surface area contributed by atoms with Gasteiger partial charge in [-0.05, 0) is 43.7 Å². The highest BCUT2D eigenvalue weighted by atomic mass is 16.5. The smallest absolute Gasteiger partial charge is 0.171 e. The Labute approximate surface area is 125 Å². The summed E-state index contributed by atoms with van der Waals surface area (Å²) in [6, 6.07) is 3.85. The van der Waals surface area contributed by atoms with E-state index in [2.05, 4.69) is 11.9 Å². The van der Waals surface area contributed by atoms with Crippen molar-refractivity contribution in [3.8, 4) is 11.5 Å². The number of aromatic nitrogens is 1. The fraction of sp³-hybridized carbons (Fsp3) is 0.471. The average molecular weight is 286 g/mol. The highest BCUT2D eigenvalue weighted by Crippen LogP contribution is 2.42. The first-order valence-corrected chi connectivity index (χ1v) is 7.65. The molecule has 1 aromatic carbocycles. The number of rotatable bonds is 4. The lowest BCUT2D eigenvalue weighted by Crippen LogP contribution is -2.12. The predicted molar refractivity (Wildman–Crippen MR) is 85.0 cm³/mol. The van der Waals surface area contributed by atoms with Crippen molar-refractivity contribution in [1.82, 2.24) is 4.98 Å². The molecule has 0 aliphatic heterocycles. The molecule has 1 aliphatic rings. The molecule has 0 radical (unpaired) electrons. The van der Waals surface area contributed by atoms with Crippen LogP contribution in [0.25, 0.3) is 10.9 Å². The lowest BCUT2D eigenvalue weighted by atomic mass is 10.0. The maximum absolute atomic E-state index is 6.29. The highest BCUT2D eigenvalue weighted by molar-refractivity contribution is 5.98. The number of benzene rings is 1. The van der Waals surface area contributed by atoms with E-state index in [9.17, 15) is 0 Å². The zero-order valence-corrected chi connectivity index (χ0v) is 12.7. The second-order valence-electron chi connectivity index (χ2n) is 5.57. The molecule has 4 heteroatoms. The van der Waals surface area contributed by atoms with E-state index in [0.717, 1.165) is 35.9 Å². The third-order valence-electron chi connectivity index (χ3n) is 4.24.